The molecule has 0 aromatic rings. The minimum atomic E-state index is 0.134. The van der Waals surface area contributed by atoms with Crippen LogP contribution in [0.2, 0.25) is 0 Å². The quantitative estimate of drug-likeness (QED) is 0.739. The lowest BCUT2D eigenvalue weighted by molar-refractivity contribution is -0.121. The number of hydrogen-bond donors (Lipinski definition) is 1. The lowest BCUT2D eigenvalue weighted by atomic mass is 9.88. The van der Waals surface area contributed by atoms with E-state index in [0.29, 0.717) is 6.42 Å². The summed E-state index contributed by atoms with van der Waals surface area (Å²) in [4.78, 5) is 15.8. The summed E-state index contributed by atoms with van der Waals surface area (Å²) in [5.74, 6) is 0.134. The molecule has 2 aliphatic rings. The fourth-order valence-electron chi connectivity index (χ4n) is 2.30. The summed E-state index contributed by atoms with van der Waals surface area (Å²) in [6.07, 6.45) is 8.14. The molecule has 0 bridgehead atoms. The molecule has 3 heteroatoms. The minimum absolute atomic E-state index is 0.134. The van der Waals surface area contributed by atoms with Crippen LogP contribution in [0.25, 0.3) is 0 Å². The Hall–Kier alpha value is -1.12. The number of amides is 1. The zero-order valence-electron chi connectivity index (χ0n) is 9.25. The van der Waals surface area contributed by atoms with Gasteiger partial charge in [-0.1, -0.05) is 6.92 Å². The molecule has 1 N–H and O–H groups in total. The van der Waals surface area contributed by atoms with Gasteiger partial charge >= 0.3 is 0 Å². The Morgan fingerprint density at radius 2 is 2.47 bits per heavy atom. The van der Waals surface area contributed by atoms with Gasteiger partial charge < -0.3 is 5.32 Å². The van der Waals surface area contributed by atoms with Crippen molar-refractivity contribution in [2.24, 2.45) is 4.99 Å². The van der Waals surface area contributed by atoms with Crippen LogP contribution in [0.4, 0.5) is 0 Å². The van der Waals surface area contributed by atoms with E-state index in [9.17, 15) is 4.79 Å². The van der Waals surface area contributed by atoms with E-state index >= 15 is 0 Å². The van der Waals surface area contributed by atoms with Crippen LogP contribution in [0, 0.1) is 0 Å². The maximum absolute atomic E-state index is 11.4. The highest BCUT2D eigenvalue weighted by Crippen LogP contribution is 2.31. The molecule has 82 valence electrons. The molecule has 1 aliphatic heterocycles. The Labute approximate surface area is 90.7 Å². The van der Waals surface area contributed by atoms with E-state index in [1.165, 1.54) is 18.4 Å². The van der Waals surface area contributed by atoms with E-state index in [-0.39, 0.29) is 11.9 Å². The number of hydrogen-bond acceptors (Lipinski definition) is 2. The zero-order chi connectivity index (χ0) is 10.7. The van der Waals surface area contributed by atoms with E-state index in [2.05, 4.69) is 10.3 Å². The second-order valence-corrected chi connectivity index (χ2v) is 4.21. The molecule has 3 nitrogen and oxygen atoms in total. The number of nitrogens with one attached hydrogen (secondary N) is 1. The lowest BCUT2D eigenvalue weighted by Crippen LogP contribution is -2.38. The lowest BCUT2D eigenvalue weighted by Gasteiger charge is -2.28. The topological polar surface area (TPSA) is 41.5 Å². The summed E-state index contributed by atoms with van der Waals surface area (Å²) in [6, 6.07) is 0.178. The van der Waals surface area contributed by atoms with Crippen LogP contribution in [-0.4, -0.2) is 18.2 Å². The fourth-order valence-corrected chi connectivity index (χ4v) is 2.30. The maximum Gasteiger partial charge on any atom is 0.220 e. The van der Waals surface area contributed by atoms with Crippen LogP contribution in [0.1, 0.15) is 45.4 Å². The second-order valence-electron chi connectivity index (χ2n) is 4.21. The number of carbonyl (C=O) groups is 1. The van der Waals surface area contributed by atoms with Crippen molar-refractivity contribution in [3.05, 3.63) is 11.3 Å². The van der Waals surface area contributed by atoms with Gasteiger partial charge in [-0.25, -0.2) is 0 Å². The summed E-state index contributed by atoms with van der Waals surface area (Å²) in [5, 5.41) is 3.06. The van der Waals surface area contributed by atoms with Crippen LogP contribution in [0.3, 0.4) is 0 Å². The highest BCUT2D eigenvalue weighted by Gasteiger charge is 2.24. The van der Waals surface area contributed by atoms with Gasteiger partial charge in [0.2, 0.25) is 5.91 Å². The molecule has 0 spiro atoms. The van der Waals surface area contributed by atoms with Crippen LogP contribution in [-0.2, 0) is 4.79 Å². The Bertz CT molecular complexity index is 318. The molecule has 15 heavy (non-hydrogen) atoms. The number of rotatable bonds is 2. The molecule has 1 amide bonds. The van der Waals surface area contributed by atoms with Gasteiger partial charge in [-0.05, 0) is 37.7 Å². The van der Waals surface area contributed by atoms with Gasteiger partial charge in [-0.15, -0.1) is 0 Å². The maximum atomic E-state index is 11.4. The van der Waals surface area contributed by atoms with Crippen LogP contribution >= 0.6 is 0 Å². The number of allylic oxidation sites excluding steroid dienone is 1. The van der Waals surface area contributed by atoms with Gasteiger partial charge in [-0.2, -0.15) is 0 Å². The van der Waals surface area contributed by atoms with Crippen LogP contribution in [0.5, 0.6) is 0 Å². The molecule has 1 atom stereocenters. The number of aliphatic imine (C=N–C) groups is 1. The molecule has 1 unspecified atom stereocenters. The fraction of sp³-hybridized carbons (Fsp3) is 0.667. The van der Waals surface area contributed by atoms with Crippen molar-refractivity contribution in [2.75, 3.05) is 0 Å². The van der Waals surface area contributed by atoms with Crippen molar-refractivity contribution in [3.63, 3.8) is 0 Å². The predicted molar refractivity (Wildman–Crippen MR) is 60.8 cm³/mol. The summed E-state index contributed by atoms with van der Waals surface area (Å²) in [7, 11) is 0. The van der Waals surface area contributed by atoms with Crippen LogP contribution in [0.15, 0.2) is 16.3 Å². The first kappa shape index (κ1) is 10.4. The largest absolute Gasteiger partial charge is 0.348 e. The molecular weight excluding hydrogens is 188 g/mol. The van der Waals surface area contributed by atoms with Gasteiger partial charge in [0.25, 0.3) is 0 Å². The van der Waals surface area contributed by atoms with Crippen LogP contribution < -0.4 is 5.32 Å². The Balaban J connectivity index is 2.11. The molecule has 0 radical (unpaired) electrons. The van der Waals surface area contributed by atoms with Crippen molar-refractivity contribution in [1.82, 2.24) is 5.32 Å². The van der Waals surface area contributed by atoms with Crippen molar-refractivity contribution < 1.29 is 4.79 Å². The summed E-state index contributed by atoms with van der Waals surface area (Å²) in [5.41, 5.74) is 2.61. The third-order valence-corrected chi connectivity index (χ3v) is 3.13. The van der Waals surface area contributed by atoms with E-state index in [4.69, 9.17) is 0 Å². The Kier molecular flexibility index (Phi) is 3.19. The molecular formula is C12H18N2O. The predicted octanol–water partition coefficient (Wildman–Crippen LogP) is 2.18. The van der Waals surface area contributed by atoms with E-state index < -0.39 is 0 Å². The second kappa shape index (κ2) is 4.60. The minimum Gasteiger partial charge on any atom is -0.348 e. The third kappa shape index (κ3) is 2.28. The molecule has 0 aromatic carbocycles. The van der Waals surface area contributed by atoms with Gasteiger partial charge in [0.15, 0.2) is 0 Å². The van der Waals surface area contributed by atoms with E-state index in [1.54, 1.807) is 0 Å². The van der Waals surface area contributed by atoms with Gasteiger partial charge in [0.1, 0.15) is 0 Å². The van der Waals surface area contributed by atoms with Crippen molar-refractivity contribution in [2.45, 2.75) is 51.5 Å². The average molecular weight is 206 g/mol. The first-order valence-electron chi connectivity index (χ1n) is 5.85. The first-order valence-corrected chi connectivity index (χ1v) is 5.85. The molecule has 1 heterocycles. The smallest absolute Gasteiger partial charge is 0.220 e. The summed E-state index contributed by atoms with van der Waals surface area (Å²) >= 11 is 0. The Morgan fingerprint density at radius 3 is 3.27 bits per heavy atom. The molecule has 1 aliphatic carbocycles. The first-order chi connectivity index (χ1) is 7.31. The highest BCUT2D eigenvalue weighted by atomic mass is 16.1. The van der Waals surface area contributed by atoms with Crippen molar-refractivity contribution >= 4 is 12.1 Å². The van der Waals surface area contributed by atoms with E-state index in [0.717, 1.165) is 25.0 Å². The number of carbonyl (C=O) groups excluding carboxylic acids is 1. The SMILES string of the molecule is CCC(=O)NC1CCCC2=C1N=CCC2. The zero-order valence-corrected chi connectivity index (χ0v) is 9.25. The molecule has 0 aromatic heterocycles. The monoisotopic (exact) mass is 206 g/mol. The van der Waals surface area contributed by atoms with E-state index in [1.807, 2.05) is 13.1 Å². The summed E-state index contributed by atoms with van der Waals surface area (Å²) in [6.45, 7) is 1.89. The van der Waals surface area contributed by atoms with Gasteiger partial charge in [-0.3, -0.25) is 9.79 Å². The normalized spacial score (nSPS) is 25.0. The molecule has 0 saturated carbocycles. The van der Waals surface area contributed by atoms with Gasteiger partial charge in [0.05, 0.1) is 11.7 Å². The van der Waals surface area contributed by atoms with Crippen molar-refractivity contribution in [3.8, 4) is 0 Å². The third-order valence-electron chi connectivity index (χ3n) is 3.13. The number of nitrogens with zero attached hydrogens (tertiary/aromatic N) is 1. The Morgan fingerprint density at radius 1 is 1.60 bits per heavy atom. The average Bonchev–Trinajstić information content (AvgIpc) is 2.29. The van der Waals surface area contributed by atoms with Crippen molar-refractivity contribution in [1.29, 1.82) is 0 Å². The molecule has 0 saturated heterocycles. The molecule has 2 rings (SSSR count). The highest BCUT2D eigenvalue weighted by molar-refractivity contribution is 5.76. The molecule has 0 fully saturated rings. The summed E-state index contributed by atoms with van der Waals surface area (Å²) < 4.78 is 0. The van der Waals surface area contributed by atoms with Gasteiger partial charge in [0, 0.05) is 12.6 Å². The standard InChI is InChI=1S/C12H18N2O/c1-2-11(15)14-10-7-3-5-9-6-4-8-13-12(9)10/h8,10H,2-7H2,1H3,(H,14,15).